The summed E-state index contributed by atoms with van der Waals surface area (Å²) in [6, 6.07) is 17.2. The molecule has 3 aromatic carbocycles. The van der Waals surface area contributed by atoms with Gasteiger partial charge in [-0.2, -0.15) is 0 Å². The molecule has 0 aliphatic heterocycles. The molecule has 8 heteroatoms. The molecule has 0 aromatic heterocycles. The lowest BCUT2D eigenvalue weighted by Crippen LogP contribution is -2.03. The minimum Gasteiger partial charge on any atom is -0.493 e. The minimum absolute atomic E-state index is 0.0246. The van der Waals surface area contributed by atoms with Gasteiger partial charge in [-0.05, 0) is 41.5 Å². The van der Waals surface area contributed by atoms with Gasteiger partial charge in [-0.25, -0.2) is 0 Å². The van der Waals surface area contributed by atoms with Crippen LogP contribution in [0.2, 0.25) is 10.0 Å². The predicted molar refractivity (Wildman–Crippen MR) is 114 cm³/mol. The van der Waals surface area contributed by atoms with Crippen molar-refractivity contribution in [3.63, 3.8) is 0 Å². The van der Waals surface area contributed by atoms with Gasteiger partial charge in [-0.3, -0.25) is 10.1 Å². The number of nitrogens with zero attached hydrogens (tertiary/aromatic N) is 1. The molecule has 29 heavy (non-hydrogen) atoms. The van der Waals surface area contributed by atoms with Crippen LogP contribution in [0.5, 0.6) is 11.5 Å². The average Bonchev–Trinajstić information content (AvgIpc) is 2.72. The number of halogens is 2. The van der Waals surface area contributed by atoms with E-state index in [-0.39, 0.29) is 5.69 Å². The molecule has 150 valence electrons. The Kier molecular flexibility index (Phi) is 6.80. The number of anilines is 1. The second-order valence-electron chi connectivity index (χ2n) is 6.19. The molecule has 0 saturated heterocycles. The van der Waals surface area contributed by atoms with E-state index >= 15 is 0 Å². The molecule has 0 saturated carbocycles. The standard InChI is InChI=1S/C21H18Cl2N2O4/c1-28-20-10-15(12-24-17-3-2-4-18(11-17)25(26)27)9-19(23)21(20)29-13-14-5-7-16(22)8-6-14/h2-11,24H,12-13H2,1H3. The van der Waals surface area contributed by atoms with Crippen LogP contribution in [0.15, 0.2) is 60.7 Å². The Morgan fingerprint density at radius 3 is 2.48 bits per heavy atom. The molecule has 1 N–H and O–H groups in total. The Hall–Kier alpha value is -2.96. The van der Waals surface area contributed by atoms with Gasteiger partial charge in [0.1, 0.15) is 6.61 Å². The molecule has 6 nitrogen and oxygen atoms in total. The van der Waals surface area contributed by atoms with Crippen molar-refractivity contribution in [3.8, 4) is 11.5 Å². The highest BCUT2D eigenvalue weighted by Gasteiger charge is 2.13. The maximum atomic E-state index is 10.9. The van der Waals surface area contributed by atoms with Crippen LogP contribution in [0.1, 0.15) is 11.1 Å². The molecule has 3 aromatic rings. The van der Waals surface area contributed by atoms with E-state index in [4.69, 9.17) is 32.7 Å². The number of hydrogen-bond donors (Lipinski definition) is 1. The quantitative estimate of drug-likeness (QED) is 0.343. The second-order valence-corrected chi connectivity index (χ2v) is 7.03. The molecule has 0 aliphatic rings. The van der Waals surface area contributed by atoms with Crippen LogP contribution < -0.4 is 14.8 Å². The maximum Gasteiger partial charge on any atom is 0.271 e. The number of hydrogen-bond acceptors (Lipinski definition) is 5. The Labute approximate surface area is 178 Å². The van der Waals surface area contributed by atoms with Gasteiger partial charge in [0, 0.05) is 29.4 Å². The van der Waals surface area contributed by atoms with Crippen LogP contribution in [0.25, 0.3) is 0 Å². The summed E-state index contributed by atoms with van der Waals surface area (Å²) in [5, 5.41) is 15.1. The van der Waals surface area contributed by atoms with E-state index in [0.29, 0.717) is 40.4 Å². The number of nitrogens with one attached hydrogen (secondary N) is 1. The van der Waals surface area contributed by atoms with Gasteiger partial charge >= 0.3 is 0 Å². The summed E-state index contributed by atoms with van der Waals surface area (Å²) in [6.07, 6.45) is 0. The van der Waals surface area contributed by atoms with Gasteiger partial charge in [-0.15, -0.1) is 0 Å². The Bertz CT molecular complexity index is 1010. The highest BCUT2D eigenvalue weighted by molar-refractivity contribution is 6.32. The van der Waals surface area contributed by atoms with E-state index in [1.54, 1.807) is 37.4 Å². The third-order valence-electron chi connectivity index (χ3n) is 4.14. The number of non-ortho nitro benzene ring substituents is 1. The zero-order valence-electron chi connectivity index (χ0n) is 15.5. The van der Waals surface area contributed by atoms with Crippen molar-refractivity contribution < 1.29 is 14.4 Å². The lowest BCUT2D eigenvalue weighted by atomic mass is 10.2. The van der Waals surface area contributed by atoms with E-state index in [1.807, 2.05) is 18.2 Å². The fraction of sp³-hybridized carbons (Fsp3) is 0.143. The van der Waals surface area contributed by atoms with Crippen molar-refractivity contribution in [2.45, 2.75) is 13.2 Å². The molecule has 0 radical (unpaired) electrons. The molecule has 0 heterocycles. The smallest absolute Gasteiger partial charge is 0.271 e. The van der Waals surface area contributed by atoms with Gasteiger partial charge < -0.3 is 14.8 Å². The first-order valence-electron chi connectivity index (χ1n) is 8.68. The van der Waals surface area contributed by atoms with Crippen LogP contribution >= 0.6 is 23.2 Å². The zero-order chi connectivity index (χ0) is 20.8. The Morgan fingerprint density at radius 2 is 1.79 bits per heavy atom. The summed E-state index contributed by atoms with van der Waals surface area (Å²) in [4.78, 5) is 10.5. The lowest BCUT2D eigenvalue weighted by molar-refractivity contribution is -0.384. The SMILES string of the molecule is COc1cc(CNc2cccc([N+](=O)[O-])c2)cc(Cl)c1OCc1ccc(Cl)cc1. The highest BCUT2D eigenvalue weighted by atomic mass is 35.5. The van der Waals surface area contributed by atoms with E-state index in [9.17, 15) is 10.1 Å². The minimum atomic E-state index is -0.433. The van der Waals surface area contributed by atoms with Crippen LogP contribution in [0, 0.1) is 10.1 Å². The van der Waals surface area contributed by atoms with Crippen LogP contribution in [-0.2, 0) is 13.2 Å². The summed E-state index contributed by atoms with van der Waals surface area (Å²) in [6.45, 7) is 0.729. The lowest BCUT2D eigenvalue weighted by Gasteiger charge is -2.15. The van der Waals surface area contributed by atoms with Crippen LogP contribution in [-0.4, -0.2) is 12.0 Å². The molecule has 0 bridgehead atoms. The zero-order valence-corrected chi connectivity index (χ0v) is 17.0. The number of methoxy groups -OCH3 is 1. The van der Waals surface area contributed by atoms with Gasteiger partial charge in [-0.1, -0.05) is 41.4 Å². The fourth-order valence-electron chi connectivity index (χ4n) is 2.69. The molecule has 0 unspecified atom stereocenters. The van der Waals surface area contributed by atoms with E-state index in [2.05, 4.69) is 5.32 Å². The van der Waals surface area contributed by atoms with Crippen LogP contribution in [0.3, 0.4) is 0 Å². The van der Waals surface area contributed by atoms with Crippen molar-refractivity contribution in [2.75, 3.05) is 12.4 Å². The number of benzene rings is 3. The molecular formula is C21H18Cl2N2O4. The third-order valence-corrected chi connectivity index (χ3v) is 4.67. The number of nitro benzene ring substituents is 1. The summed E-state index contributed by atoms with van der Waals surface area (Å²) >= 11 is 12.3. The summed E-state index contributed by atoms with van der Waals surface area (Å²) in [7, 11) is 1.54. The van der Waals surface area contributed by atoms with Crippen molar-refractivity contribution in [2.24, 2.45) is 0 Å². The van der Waals surface area contributed by atoms with E-state index in [0.717, 1.165) is 11.1 Å². The number of rotatable bonds is 8. The first kappa shape index (κ1) is 20.8. The van der Waals surface area contributed by atoms with Crippen molar-refractivity contribution in [1.29, 1.82) is 0 Å². The molecular weight excluding hydrogens is 415 g/mol. The normalized spacial score (nSPS) is 10.4. The van der Waals surface area contributed by atoms with Crippen molar-refractivity contribution in [1.82, 2.24) is 0 Å². The third kappa shape index (κ3) is 5.53. The summed E-state index contributed by atoms with van der Waals surface area (Å²) in [5.41, 5.74) is 2.45. The van der Waals surface area contributed by atoms with Gasteiger partial charge in [0.25, 0.3) is 5.69 Å². The summed E-state index contributed by atoms with van der Waals surface area (Å²) < 4.78 is 11.3. The molecule has 3 rings (SSSR count). The highest BCUT2D eigenvalue weighted by Crippen LogP contribution is 2.37. The number of ether oxygens (including phenoxy) is 2. The average molecular weight is 433 g/mol. The second kappa shape index (κ2) is 9.49. The van der Waals surface area contributed by atoms with Crippen LogP contribution in [0.4, 0.5) is 11.4 Å². The fourth-order valence-corrected chi connectivity index (χ4v) is 3.10. The van der Waals surface area contributed by atoms with Crippen molar-refractivity contribution >= 4 is 34.6 Å². The molecule has 0 spiro atoms. The first-order chi connectivity index (χ1) is 14.0. The van der Waals surface area contributed by atoms with Crippen molar-refractivity contribution in [3.05, 3.63) is 92.0 Å². The summed E-state index contributed by atoms with van der Waals surface area (Å²) in [5.74, 6) is 0.950. The molecule has 0 aliphatic carbocycles. The number of nitro groups is 1. The van der Waals surface area contributed by atoms with Gasteiger partial charge in [0.2, 0.25) is 0 Å². The van der Waals surface area contributed by atoms with E-state index in [1.165, 1.54) is 12.1 Å². The topological polar surface area (TPSA) is 73.6 Å². The van der Waals surface area contributed by atoms with Gasteiger partial charge in [0.15, 0.2) is 11.5 Å². The molecule has 0 amide bonds. The van der Waals surface area contributed by atoms with E-state index < -0.39 is 4.92 Å². The molecule has 0 fully saturated rings. The predicted octanol–water partition coefficient (Wildman–Crippen LogP) is 6.10. The largest absolute Gasteiger partial charge is 0.493 e. The first-order valence-corrected chi connectivity index (χ1v) is 9.44. The van der Waals surface area contributed by atoms with Gasteiger partial charge in [0.05, 0.1) is 17.1 Å². The molecule has 0 atom stereocenters. The Balaban J connectivity index is 1.71. The maximum absolute atomic E-state index is 10.9. The monoisotopic (exact) mass is 432 g/mol. The Morgan fingerprint density at radius 1 is 1.03 bits per heavy atom.